The summed E-state index contributed by atoms with van der Waals surface area (Å²) in [6.45, 7) is 8.92. The number of hydrogen-bond donors (Lipinski definition) is 2. The van der Waals surface area contributed by atoms with E-state index in [1.54, 1.807) is 0 Å². The lowest BCUT2D eigenvalue weighted by atomic mass is 9.83. The third-order valence-corrected chi connectivity index (χ3v) is 6.47. The molecule has 32 heavy (non-hydrogen) atoms. The molecule has 0 aliphatic heterocycles. The molecule has 1 atom stereocenters. The van der Waals surface area contributed by atoms with Crippen molar-refractivity contribution in [2.75, 3.05) is 6.54 Å². The fraction of sp³-hybridized carbons (Fsp3) is 0.538. The summed E-state index contributed by atoms with van der Waals surface area (Å²) >= 11 is 0. The van der Waals surface area contributed by atoms with Gasteiger partial charge in [-0.25, -0.2) is 8.78 Å². The van der Waals surface area contributed by atoms with Crippen LogP contribution < -0.4 is 10.6 Å². The molecule has 1 fully saturated rings. The molecule has 1 aromatic heterocycles. The van der Waals surface area contributed by atoms with E-state index in [1.807, 2.05) is 6.20 Å². The molecule has 1 aromatic carbocycles. The van der Waals surface area contributed by atoms with E-state index < -0.39 is 11.6 Å². The van der Waals surface area contributed by atoms with Crippen LogP contribution in [0.2, 0.25) is 0 Å². The molecular weight excluding hydrogens is 408 g/mol. The Labute approximate surface area is 190 Å². The van der Waals surface area contributed by atoms with Gasteiger partial charge in [-0.3, -0.25) is 9.78 Å². The van der Waals surface area contributed by atoms with Gasteiger partial charge < -0.3 is 10.6 Å². The highest BCUT2D eigenvalue weighted by molar-refractivity contribution is 5.73. The first-order chi connectivity index (χ1) is 15.1. The number of carbonyl (C=O) groups is 1. The molecule has 0 bridgehead atoms. The molecule has 1 amide bonds. The SMILES string of the molecule is CCC(C)(C)Cc1ccnc(C2(NCC[C@H](Cc3cc(F)cc(F)c3)NC(C)=O)CC2)c1. The average Bonchev–Trinajstić information content (AvgIpc) is 3.47. The van der Waals surface area contributed by atoms with Crippen molar-refractivity contribution in [2.45, 2.75) is 77.8 Å². The quantitative estimate of drug-likeness (QED) is 0.511. The molecule has 3 rings (SSSR count). The number of halogens is 2. The monoisotopic (exact) mass is 443 g/mol. The Kier molecular flexibility index (Phi) is 7.65. The lowest BCUT2D eigenvalue weighted by Crippen LogP contribution is -2.39. The molecule has 1 aliphatic rings. The number of nitrogens with zero attached hydrogens (tertiary/aromatic N) is 1. The Bertz CT molecular complexity index is 920. The summed E-state index contributed by atoms with van der Waals surface area (Å²) in [6, 6.07) is 7.61. The zero-order valence-corrected chi connectivity index (χ0v) is 19.6. The Morgan fingerprint density at radius 3 is 2.44 bits per heavy atom. The van der Waals surface area contributed by atoms with Crippen LogP contribution in [0.3, 0.4) is 0 Å². The molecule has 0 unspecified atom stereocenters. The Morgan fingerprint density at radius 2 is 1.84 bits per heavy atom. The fourth-order valence-electron chi connectivity index (χ4n) is 4.18. The standard InChI is InChI=1S/C26H35F2N3O/c1-5-25(3,4)17-19-6-10-29-24(15-19)26(8-9-26)30-11-7-23(31-18(2)32)14-20-12-21(27)16-22(28)13-20/h6,10,12-13,15-16,23,30H,5,7-9,11,14,17H2,1-4H3,(H,31,32)/t23-/m1/s1. The number of aromatic nitrogens is 1. The zero-order valence-electron chi connectivity index (χ0n) is 19.6. The minimum atomic E-state index is -0.603. The van der Waals surface area contributed by atoms with Crippen LogP contribution in [-0.2, 0) is 23.2 Å². The maximum Gasteiger partial charge on any atom is 0.217 e. The summed E-state index contributed by atoms with van der Waals surface area (Å²) in [4.78, 5) is 16.3. The molecule has 174 valence electrons. The minimum absolute atomic E-state index is 0.113. The molecule has 0 radical (unpaired) electrons. The van der Waals surface area contributed by atoms with Gasteiger partial charge in [-0.15, -0.1) is 0 Å². The highest BCUT2D eigenvalue weighted by atomic mass is 19.1. The van der Waals surface area contributed by atoms with Gasteiger partial charge in [0, 0.05) is 25.2 Å². The zero-order chi connectivity index (χ0) is 23.4. The third-order valence-electron chi connectivity index (χ3n) is 6.47. The van der Waals surface area contributed by atoms with Gasteiger partial charge in [0.1, 0.15) is 11.6 Å². The minimum Gasteiger partial charge on any atom is -0.353 e. The summed E-state index contributed by atoms with van der Waals surface area (Å²) in [6.07, 6.45) is 7.13. The van der Waals surface area contributed by atoms with Crippen LogP contribution >= 0.6 is 0 Å². The van der Waals surface area contributed by atoms with Crippen molar-refractivity contribution in [3.8, 4) is 0 Å². The number of rotatable bonds is 11. The third kappa shape index (κ3) is 6.83. The fourth-order valence-corrected chi connectivity index (χ4v) is 4.18. The van der Waals surface area contributed by atoms with E-state index >= 15 is 0 Å². The molecule has 4 nitrogen and oxygen atoms in total. The van der Waals surface area contributed by atoms with Gasteiger partial charge in [0.2, 0.25) is 5.91 Å². The second-order valence-electron chi connectivity index (χ2n) is 9.92. The van der Waals surface area contributed by atoms with Gasteiger partial charge >= 0.3 is 0 Å². The molecule has 1 heterocycles. The van der Waals surface area contributed by atoms with Crippen molar-refractivity contribution in [3.05, 3.63) is 65.0 Å². The first-order valence-electron chi connectivity index (χ1n) is 11.5. The van der Waals surface area contributed by atoms with E-state index in [9.17, 15) is 13.6 Å². The summed E-state index contributed by atoms with van der Waals surface area (Å²) < 4.78 is 27.1. The molecule has 1 aliphatic carbocycles. The van der Waals surface area contributed by atoms with Crippen LogP contribution in [0.5, 0.6) is 0 Å². The second kappa shape index (κ2) is 10.1. The van der Waals surface area contributed by atoms with Crippen molar-refractivity contribution in [1.29, 1.82) is 0 Å². The molecule has 0 saturated heterocycles. The van der Waals surface area contributed by atoms with Crippen molar-refractivity contribution in [1.82, 2.24) is 15.6 Å². The van der Waals surface area contributed by atoms with Crippen molar-refractivity contribution in [2.24, 2.45) is 5.41 Å². The number of pyridine rings is 1. The van der Waals surface area contributed by atoms with Gasteiger partial charge in [0.05, 0.1) is 11.2 Å². The van der Waals surface area contributed by atoms with E-state index in [0.717, 1.165) is 37.4 Å². The molecule has 2 N–H and O–H groups in total. The average molecular weight is 444 g/mol. The first-order valence-corrected chi connectivity index (χ1v) is 11.5. The maximum atomic E-state index is 13.6. The summed E-state index contributed by atoms with van der Waals surface area (Å²) in [5.74, 6) is -1.36. The molecule has 6 heteroatoms. The Morgan fingerprint density at radius 1 is 1.16 bits per heavy atom. The van der Waals surface area contributed by atoms with Gasteiger partial charge in [0.15, 0.2) is 0 Å². The normalized spacial score (nSPS) is 15.9. The molecule has 0 spiro atoms. The van der Waals surface area contributed by atoms with E-state index in [2.05, 4.69) is 48.5 Å². The molecular formula is C26H35F2N3O. The maximum absolute atomic E-state index is 13.6. The predicted molar refractivity (Wildman–Crippen MR) is 123 cm³/mol. The van der Waals surface area contributed by atoms with Gasteiger partial charge in [-0.2, -0.15) is 0 Å². The van der Waals surface area contributed by atoms with E-state index in [0.29, 0.717) is 24.9 Å². The number of amides is 1. The summed E-state index contributed by atoms with van der Waals surface area (Å²) in [7, 11) is 0. The van der Waals surface area contributed by atoms with Crippen molar-refractivity contribution in [3.63, 3.8) is 0 Å². The lowest BCUT2D eigenvalue weighted by molar-refractivity contribution is -0.119. The highest BCUT2D eigenvalue weighted by Crippen LogP contribution is 2.45. The molecule has 2 aromatic rings. The molecule has 1 saturated carbocycles. The number of nitrogens with one attached hydrogen (secondary N) is 2. The highest BCUT2D eigenvalue weighted by Gasteiger charge is 2.45. The van der Waals surface area contributed by atoms with Crippen molar-refractivity contribution >= 4 is 5.91 Å². The van der Waals surface area contributed by atoms with Gasteiger partial charge in [-0.1, -0.05) is 27.2 Å². The van der Waals surface area contributed by atoms with E-state index in [4.69, 9.17) is 0 Å². The summed E-state index contributed by atoms with van der Waals surface area (Å²) in [5.41, 5.74) is 3.06. The van der Waals surface area contributed by atoms with E-state index in [1.165, 1.54) is 24.6 Å². The first kappa shape index (κ1) is 24.3. The van der Waals surface area contributed by atoms with Crippen LogP contribution in [0.25, 0.3) is 0 Å². The smallest absolute Gasteiger partial charge is 0.217 e. The van der Waals surface area contributed by atoms with Crippen LogP contribution in [-0.4, -0.2) is 23.5 Å². The Hall–Kier alpha value is -2.34. The van der Waals surface area contributed by atoms with Crippen molar-refractivity contribution < 1.29 is 13.6 Å². The van der Waals surface area contributed by atoms with Gasteiger partial charge in [0.25, 0.3) is 0 Å². The Balaban J connectivity index is 1.62. The van der Waals surface area contributed by atoms with Gasteiger partial charge in [-0.05, 0) is 79.5 Å². The largest absolute Gasteiger partial charge is 0.353 e. The summed E-state index contributed by atoms with van der Waals surface area (Å²) in [5, 5.41) is 6.56. The predicted octanol–water partition coefficient (Wildman–Crippen LogP) is 5.05. The van der Waals surface area contributed by atoms with Crippen LogP contribution in [0.4, 0.5) is 8.78 Å². The second-order valence-corrected chi connectivity index (χ2v) is 9.92. The number of benzene rings is 1. The van der Waals surface area contributed by atoms with Crippen LogP contribution in [0.15, 0.2) is 36.5 Å². The van der Waals surface area contributed by atoms with Crippen LogP contribution in [0, 0.1) is 17.0 Å². The lowest BCUT2D eigenvalue weighted by Gasteiger charge is -2.24. The van der Waals surface area contributed by atoms with Crippen LogP contribution in [0.1, 0.15) is 70.2 Å². The number of hydrogen-bond acceptors (Lipinski definition) is 3. The topological polar surface area (TPSA) is 54.0 Å². The van der Waals surface area contributed by atoms with E-state index in [-0.39, 0.29) is 22.9 Å². The number of carbonyl (C=O) groups excluding carboxylic acids is 1.